The Hall–Kier alpha value is -0.120. The van der Waals surface area contributed by atoms with Crippen LogP contribution in [0.3, 0.4) is 0 Å². The second-order valence-electron chi connectivity index (χ2n) is 6.91. The number of ether oxygens (including phenoxy) is 1. The molecule has 3 fully saturated rings. The van der Waals surface area contributed by atoms with Gasteiger partial charge in [0.05, 0.1) is 6.61 Å². The van der Waals surface area contributed by atoms with Gasteiger partial charge in [-0.25, -0.2) is 0 Å². The van der Waals surface area contributed by atoms with E-state index in [9.17, 15) is 0 Å². The third kappa shape index (κ3) is 3.50. The largest absolute Gasteiger partial charge is 0.381 e. The molecule has 3 heteroatoms. The van der Waals surface area contributed by atoms with E-state index in [2.05, 4.69) is 17.6 Å². The second kappa shape index (κ2) is 6.55. The molecule has 0 radical (unpaired) electrons. The van der Waals surface area contributed by atoms with Gasteiger partial charge >= 0.3 is 0 Å². The Morgan fingerprint density at radius 1 is 1.16 bits per heavy atom. The Kier molecular flexibility index (Phi) is 4.78. The lowest BCUT2D eigenvalue weighted by Gasteiger charge is -2.41. The standard InChI is InChI=1S/C16H30N2O/c1-12(14-8-9-19-11-14)17-10-15-7-6-13-4-2-3-5-16(13)18-15/h12-18H,2-11H2,1H3. The minimum absolute atomic E-state index is 0.605. The van der Waals surface area contributed by atoms with Crippen molar-refractivity contribution in [3.63, 3.8) is 0 Å². The monoisotopic (exact) mass is 266 g/mol. The van der Waals surface area contributed by atoms with Crippen molar-refractivity contribution < 1.29 is 4.74 Å². The average Bonchev–Trinajstić information content (AvgIpc) is 2.99. The van der Waals surface area contributed by atoms with Gasteiger partial charge in [-0.3, -0.25) is 0 Å². The molecule has 110 valence electrons. The number of rotatable bonds is 4. The van der Waals surface area contributed by atoms with Crippen LogP contribution in [0.4, 0.5) is 0 Å². The van der Waals surface area contributed by atoms with Crippen molar-refractivity contribution in [3.05, 3.63) is 0 Å². The minimum atomic E-state index is 0.605. The molecule has 5 atom stereocenters. The highest BCUT2D eigenvalue weighted by molar-refractivity contribution is 4.90. The molecule has 0 aromatic carbocycles. The van der Waals surface area contributed by atoms with E-state index < -0.39 is 0 Å². The summed E-state index contributed by atoms with van der Waals surface area (Å²) < 4.78 is 5.49. The summed E-state index contributed by atoms with van der Waals surface area (Å²) in [7, 11) is 0. The van der Waals surface area contributed by atoms with E-state index in [1.54, 1.807) is 0 Å². The molecule has 0 amide bonds. The minimum Gasteiger partial charge on any atom is -0.381 e. The second-order valence-corrected chi connectivity index (χ2v) is 6.91. The molecule has 2 aliphatic heterocycles. The highest BCUT2D eigenvalue weighted by Crippen LogP contribution is 2.32. The van der Waals surface area contributed by atoms with E-state index in [1.807, 2.05) is 0 Å². The van der Waals surface area contributed by atoms with Crippen molar-refractivity contribution in [2.24, 2.45) is 11.8 Å². The summed E-state index contributed by atoms with van der Waals surface area (Å²) in [6, 6.07) is 2.12. The molecule has 3 nitrogen and oxygen atoms in total. The third-order valence-corrected chi connectivity index (χ3v) is 5.60. The van der Waals surface area contributed by atoms with Crippen molar-refractivity contribution >= 4 is 0 Å². The number of nitrogens with one attached hydrogen (secondary N) is 2. The molecule has 2 heterocycles. The van der Waals surface area contributed by atoms with E-state index in [0.29, 0.717) is 12.1 Å². The van der Waals surface area contributed by atoms with Crippen molar-refractivity contribution in [2.75, 3.05) is 19.8 Å². The Morgan fingerprint density at radius 3 is 2.89 bits per heavy atom. The first-order valence-electron chi connectivity index (χ1n) is 8.40. The van der Waals surface area contributed by atoms with Crippen LogP contribution >= 0.6 is 0 Å². The maximum atomic E-state index is 5.49. The summed E-state index contributed by atoms with van der Waals surface area (Å²) in [5.74, 6) is 1.71. The van der Waals surface area contributed by atoms with Gasteiger partial charge in [-0.05, 0) is 50.9 Å². The zero-order valence-electron chi connectivity index (χ0n) is 12.4. The number of fused-ring (bicyclic) bond motifs is 1. The van der Waals surface area contributed by atoms with E-state index in [4.69, 9.17) is 4.74 Å². The SMILES string of the molecule is CC(NCC1CCC2CCCCC2N1)C1CCOC1. The molecule has 0 aromatic heterocycles. The van der Waals surface area contributed by atoms with Crippen LogP contribution in [0.2, 0.25) is 0 Å². The van der Waals surface area contributed by atoms with Gasteiger partial charge in [-0.2, -0.15) is 0 Å². The van der Waals surface area contributed by atoms with Crippen LogP contribution in [0.1, 0.15) is 51.9 Å². The number of hydrogen-bond donors (Lipinski definition) is 2. The summed E-state index contributed by atoms with van der Waals surface area (Å²) in [5.41, 5.74) is 0. The normalized spacial score (nSPS) is 40.9. The molecule has 0 spiro atoms. The summed E-state index contributed by atoms with van der Waals surface area (Å²) in [5, 5.41) is 7.65. The van der Waals surface area contributed by atoms with Crippen LogP contribution < -0.4 is 10.6 Å². The van der Waals surface area contributed by atoms with Gasteiger partial charge in [0.15, 0.2) is 0 Å². The number of hydrogen-bond acceptors (Lipinski definition) is 3. The fourth-order valence-electron chi connectivity index (χ4n) is 4.18. The predicted octanol–water partition coefficient (Wildman–Crippen LogP) is 2.31. The first kappa shape index (κ1) is 13.8. The quantitative estimate of drug-likeness (QED) is 0.819. The van der Waals surface area contributed by atoms with Crippen LogP contribution in [-0.4, -0.2) is 37.9 Å². The van der Waals surface area contributed by atoms with Gasteiger partial charge < -0.3 is 15.4 Å². The molecule has 19 heavy (non-hydrogen) atoms. The van der Waals surface area contributed by atoms with E-state index in [1.165, 1.54) is 44.9 Å². The van der Waals surface area contributed by atoms with E-state index in [-0.39, 0.29) is 0 Å². The maximum absolute atomic E-state index is 5.49. The Labute approximate surface area is 117 Å². The zero-order chi connectivity index (χ0) is 13.1. The number of piperidine rings is 1. The summed E-state index contributed by atoms with van der Waals surface area (Å²) in [4.78, 5) is 0. The van der Waals surface area contributed by atoms with Crippen LogP contribution in [0.5, 0.6) is 0 Å². The lowest BCUT2D eigenvalue weighted by Crippen LogP contribution is -2.53. The molecule has 1 saturated carbocycles. The van der Waals surface area contributed by atoms with Gasteiger partial charge in [-0.1, -0.05) is 12.8 Å². The van der Waals surface area contributed by atoms with Crippen molar-refractivity contribution in [3.8, 4) is 0 Å². The van der Waals surface area contributed by atoms with Crippen LogP contribution in [0, 0.1) is 11.8 Å². The van der Waals surface area contributed by atoms with Crippen LogP contribution in [0.25, 0.3) is 0 Å². The van der Waals surface area contributed by atoms with Gasteiger partial charge in [0.25, 0.3) is 0 Å². The molecule has 3 rings (SSSR count). The molecule has 2 saturated heterocycles. The summed E-state index contributed by atoms with van der Waals surface area (Å²) in [6.45, 7) is 5.38. The highest BCUT2D eigenvalue weighted by Gasteiger charge is 2.31. The molecule has 1 aliphatic carbocycles. The van der Waals surface area contributed by atoms with Crippen molar-refractivity contribution in [1.82, 2.24) is 10.6 Å². The molecule has 5 unspecified atom stereocenters. The van der Waals surface area contributed by atoms with Gasteiger partial charge in [0.1, 0.15) is 0 Å². The molecule has 2 N–H and O–H groups in total. The first-order chi connectivity index (χ1) is 9.33. The van der Waals surface area contributed by atoms with Gasteiger partial charge in [0, 0.05) is 31.3 Å². The van der Waals surface area contributed by atoms with Gasteiger partial charge in [0.2, 0.25) is 0 Å². The van der Waals surface area contributed by atoms with Crippen molar-refractivity contribution in [2.45, 2.75) is 70.0 Å². The smallest absolute Gasteiger partial charge is 0.0509 e. The van der Waals surface area contributed by atoms with E-state index >= 15 is 0 Å². The fraction of sp³-hybridized carbons (Fsp3) is 1.00. The molecule has 0 aromatic rings. The maximum Gasteiger partial charge on any atom is 0.0509 e. The van der Waals surface area contributed by atoms with Crippen LogP contribution in [-0.2, 0) is 4.74 Å². The first-order valence-corrected chi connectivity index (χ1v) is 8.40. The average molecular weight is 266 g/mol. The highest BCUT2D eigenvalue weighted by atomic mass is 16.5. The van der Waals surface area contributed by atoms with E-state index in [0.717, 1.165) is 37.6 Å². The lowest BCUT2D eigenvalue weighted by molar-refractivity contribution is 0.164. The Bertz CT molecular complexity index is 278. The third-order valence-electron chi connectivity index (χ3n) is 5.60. The summed E-state index contributed by atoms with van der Waals surface area (Å²) >= 11 is 0. The van der Waals surface area contributed by atoms with Crippen LogP contribution in [0.15, 0.2) is 0 Å². The fourth-order valence-corrected chi connectivity index (χ4v) is 4.18. The zero-order valence-corrected chi connectivity index (χ0v) is 12.4. The molecule has 0 bridgehead atoms. The lowest BCUT2D eigenvalue weighted by atomic mass is 9.78. The Balaban J connectivity index is 1.40. The molecular formula is C16H30N2O. The molecule has 3 aliphatic rings. The predicted molar refractivity (Wildman–Crippen MR) is 78.3 cm³/mol. The topological polar surface area (TPSA) is 33.3 Å². The molecular weight excluding hydrogens is 236 g/mol. The summed E-state index contributed by atoms with van der Waals surface area (Å²) in [6.07, 6.45) is 9.82. The van der Waals surface area contributed by atoms with Crippen molar-refractivity contribution in [1.29, 1.82) is 0 Å². The van der Waals surface area contributed by atoms with Gasteiger partial charge in [-0.15, -0.1) is 0 Å². The Morgan fingerprint density at radius 2 is 2.05 bits per heavy atom.